The molecule has 1 N–H and O–H groups in total. The van der Waals surface area contributed by atoms with Crippen molar-refractivity contribution in [3.8, 4) is 0 Å². The molecule has 7 heteroatoms. The van der Waals surface area contributed by atoms with E-state index in [1.54, 1.807) is 0 Å². The van der Waals surface area contributed by atoms with E-state index in [1.165, 1.54) is 0 Å². The van der Waals surface area contributed by atoms with Crippen molar-refractivity contribution < 1.29 is 28.0 Å². The van der Waals surface area contributed by atoms with Gasteiger partial charge in [0.15, 0.2) is 0 Å². The van der Waals surface area contributed by atoms with Crippen molar-refractivity contribution in [3.05, 3.63) is 0 Å². The Morgan fingerprint density at radius 2 is 1.36 bits per heavy atom. The zero-order chi connectivity index (χ0) is 19.1. The molecule has 0 heterocycles. The Morgan fingerprint density at radius 1 is 0.880 bits per heavy atom. The molecule has 0 fully saturated rings. The Morgan fingerprint density at radius 3 is 1.88 bits per heavy atom. The lowest BCUT2D eigenvalue weighted by molar-refractivity contribution is -0.305. The van der Waals surface area contributed by atoms with Crippen molar-refractivity contribution >= 4 is 16.1 Å². The van der Waals surface area contributed by atoms with Crippen LogP contribution in [0, 0.1) is 0 Å². The monoisotopic (exact) mass is 378 g/mol. The Bertz CT molecular complexity index is 435. The number of aliphatic hydroxyl groups is 1. The van der Waals surface area contributed by atoms with Crippen LogP contribution < -0.4 is 5.11 Å². The molecule has 0 bridgehead atoms. The normalized spacial score (nSPS) is 14.4. The zero-order valence-electron chi connectivity index (χ0n) is 15.5. The number of aliphatic carboxylic acids is 1. The van der Waals surface area contributed by atoms with Crippen LogP contribution in [0.2, 0.25) is 0 Å². The van der Waals surface area contributed by atoms with Crippen LogP contribution in [-0.2, 0) is 14.9 Å². The van der Waals surface area contributed by atoms with Crippen LogP contribution in [0.3, 0.4) is 0 Å². The molecular weight excluding hydrogens is 344 g/mol. The van der Waals surface area contributed by atoms with Crippen LogP contribution in [0.15, 0.2) is 0 Å². The summed E-state index contributed by atoms with van der Waals surface area (Å²) in [5, 5.41) is 19.2. The van der Waals surface area contributed by atoms with E-state index in [9.17, 15) is 28.0 Å². The molecule has 25 heavy (non-hydrogen) atoms. The maximum Gasteiger partial charge on any atom is 0.100 e. The molecule has 150 valence electrons. The molecular formula is C18H34O6S-2. The molecule has 0 saturated heterocycles. The third-order valence-electron chi connectivity index (χ3n) is 4.52. The van der Waals surface area contributed by atoms with Gasteiger partial charge in [0.25, 0.3) is 0 Å². The lowest BCUT2D eigenvalue weighted by Crippen LogP contribution is -2.34. The van der Waals surface area contributed by atoms with Crippen LogP contribution in [0.1, 0.15) is 96.8 Å². The number of unbranched alkanes of at least 4 members (excludes halogenated alkanes) is 9. The molecule has 0 amide bonds. The minimum atomic E-state index is -4.49. The number of carboxylic acid groups (broad SMARTS) is 1. The van der Waals surface area contributed by atoms with E-state index in [2.05, 4.69) is 6.92 Å². The Kier molecular flexibility index (Phi) is 14.1. The fraction of sp³-hybridized carbons (Fsp3) is 0.944. The van der Waals surface area contributed by atoms with E-state index >= 15 is 0 Å². The van der Waals surface area contributed by atoms with Crippen LogP contribution in [0.5, 0.6) is 0 Å². The highest BCUT2D eigenvalue weighted by Crippen LogP contribution is 2.20. The summed E-state index contributed by atoms with van der Waals surface area (Å²) in [4.78, 5) is 10.3. The minimum Gasteiger partial charge on any atom is -0.748 e. The fourth-order valence-corrected chi connectivity index (χ4v) is 3.97. The molecule has 0 rings (SSSR count). The maximum absolute atomic E-state index is 11.4. The molecule has 0 aromatic carbocycles. The summed E-state index contributed by atoms with van der Waals surface area (Å²) in [5.41, 5.74) is 0. The minimum absolute atomic E-state index is 0.0530. The average Bonchev–Trinajstić information content (AvgIpc) is 2.51. The summed E-state index contributed by atoms with van der Waals surface area (Å²) in [6.45, 7) is 2.12. The molecule has 0 aromatic rings. The van der Waals surface area contributed by atoms with Crippen LogP contribution >= 0.6 is 0 Å². The Labute approximate surface area is 152 Å². The number of aliphatic hydroxyl groups excluding tert-OH is 1. The quantitative estimate of drug-likeness (QED) is 0.307. The standard InChI is InChI=1S/C18H36O6S/c1-2-3-4-5-8-11-14-17(25(22,23)24)16(19)13-10-7-6-9-12-15-18(20)21/h16-17,19H,2-15H2,1H3,(H,20,21)(H,22,23,24)/p-2. The number of rotatable bonds is 17. The van der Waals surface area contributed by atoms with Gasteiger partial charge in [0.2, 0.25) is 0 Å². The molecule has 2 atom stereocenters. The highest BCUT2D eigenvalue weighted by atomic mass is 32.2. The number of carboxylic acids is 1. The van der Waals surface area contributed by atoms with E-state index in [0.717, 1.165) is 51.4 Å². The first kappa shape index (κ1) is 24.3. The van der Waals surface area contributed by atoms with Crippen molar-refractivity contribution in [3.63, 3.8) is 0 Å². The van der Waals surface area contributed by atoms with Crippen molar-refractivity contribution in [2.24, 2.45) is 0 Å². The zero-order valence-corrected chi connectivity index (χ0v) is 16.3. The van der Waals surface area contributed by atoms with E-state index in [4.69, 9.17) is 0 Å². The van der Waals surface area contributed by atoms with Gasteiger partial charge in [-0.2, -0.15) is 0 Å². The van der Waals surface area contributed by atoms with E-state index in [1.807, 2.05) is 0 Å². The van der Waals surface area contributed by atoms with Crippen molar-refractivity contribution in [2.45, 2.75) is 108 Å². The lowest BCUT2D eigenvalue weighted by atomic mass is 10.0. The summed E-state index contributed by atoms with van der Waals surface area (Å²) >= 11 is 0. The molecule has 2 unspecified atom stereocenters. The summed E-state index contributed by atoms with van der Waals surface area (Å²) < 4.78 is 34.2. The predicted molar refractivity (Wildman–Crippen MR) is 94.8 cm³/mol. The topological polar surface area (TPSA) is 118 Å². The summed E-state index contributed by atoms with van der Waals surface area (Å²) in [5.74, 6) is -1.05. The molecule has 0 aromatic heterocycles. The number of hydrogen-bond donors (Lipinski definition) is 1. The van der Waals surface area contributed by atoms with E-state index in [-0.39, 0.29) is 12.8 Å². The van der Waals surface area contributed by atoms with Crippen LogP contribution in [-0.4, -0.2) is 35.4 Å². The van der Waals surface area contributed by atoms with Gasteiger partial charge in [0, 0.05) is 5.97 Å². The van der Waals surface area contributed by atoms with E-state index < -0.39 is 27.4 Å². The predicted octanol–water partition coefficient (Wildman–Crippen LogP) is 2.49. The highest BCUT2D eigenvalue weighted by molar-refractivity contribution is 7.86. The SMILES string of the molecule is CCCCCCCCC(C(O)CCCCCCCC(=O)[O-])S(=O)(=O)[O-]. The van der Waals surface area contributed by atoms with Crippen molar-refractivity contribution in [2.75, 3.05) is 0 Å². The first-order valence-corrected chi connectivity index (χ1v) is 11.1. The van der Waals surface area contributed by atoms with Crippen molar-refractivity contribution in [1.82, 2.24) is 0 Å². The summed E-state index contributed by atoms with van der Waals surface area (Å²) in [6, 6.07) is 0. The van der Waals surface area contributed by atoms with Gasteiger partial charge in [-0.05, 0) is 25.7 Å². The molecule has 0 radical (unpaired) electrons. The maximum atomic E-state index is 11.4. The van der Waals surface area contributed by atoms with E-state index in [0.29, 0.717) is 25.7 Å². The second kappa shape index (κ2) is 14.5. The molecule has 0 aliphatic heterocycles. The fourth-order valence-electron chi connectivity index (χ4n) is 2.99. The largest absolute Gasteiger partial charge is 0.748 e. The second-order valence-electron chi connectivity index (χ2n) is 6.83. The summed E-state index contributed by atoms with van der Waals surface area (Å²) in [6.07, 6.45) is 9.03. The molecule has 6 nitrogen and oxygen atoms in total. The third kappa shape index (κ3) is 14.2. The van der Waals surface area contributed by atoms with Gasteiger partial charge < -0.3 is 19.6 Å². The van der Waals surface area contributed by atoms with Gasteiger partial charge in [0.1, 0.15) is 10.1 Å². The second-order valence-corrected chi connectivity index (χ2v) is 8.42. The molecule has 0 saturated carbocycles. The van der Waals surface area contributed by atoms with Crippen LogP contribution in [0.25, 0.3) is 0 Å². The smallest absolute Gasteiger partial charge is 0.100 e. The van der Waals surface area contributed by atoms with Gasteiger partial charge in [0.05, 0.1) is 11.4 Å². The van der Waals surface area contributed by atoms with Gasteiger partial charge in [-0.3, -0.25) is 0 Å². The third-order valence-corrected chi connectivity index (χ3v) is 5.81. The molecule has 0 aliphatic rings. The van der Waals surface area contributed by atoms with Gasteiger partial charge >= 0.3 is 0 Å². The number of carbonyl (C=O) groups excluding carboxylic acids is 1. The number of hydrogen-bond acceptors (Lipinski definition) is 6. The molecule has 0 aliphatic carbocycles. The van der Waals surface area contributed by atoms with Crippen molar-refractivity contribution in [1.29, 1.82) is 0 Å². The van der Waals surface area contributed by atoms with Gasteiger partial charge in [-0.25, -0.2) is 8.42 Å². The summed E-state index contributed by atoms with van der Waals surface area (Å²) in [7, 11) is -4.49. The average molecular weight is 379 g/mol. The van der Waals surface area contributed by atoms with Gasteiger partial charge in [-0.15, -0.1) is 0 Å². The lowest BCUT2D eigenvalue weighted by Gasteiger charge is -2.25. The Hall–Kier alpha value is -0.660. The molecule has 0 spiro atoms. The number of carbonyl (C=O) groups is 1. The van der Waals surface area contributed by atoms with Gasteiger partial charge in [-0.1, -0.05) is 71.1 Å². The highest BCUT2D eigenvalue weighted by Gasteiger charge is 2.24. The Balaban J connectivity index is 3.99. The first-order valence-electron chi connectivity index (χ1n) is 9.61. The first-order chi connectivity index (χ1) is 11.8. The van der Waals surface area contributed by atoms with Crippen LogP contribution in [0.4, 0.5) is 0 Å².